The highest BCUT2D eigenvalue weighted by Gasteiger charge is 2.18. The molecule has 0 amide bonds. The molecule has 6 rings (SSSR count). The first-order valence-corrected chi connectivity index (χ1v) is 13.2. The Kier molecular flexibility index (Phi) is 6.38. The standard InChI is InChI=1S/C29H21ClFN5O2S/c1-18-27(28(37)36(34(18)2)20-10-4-3-5-11-20)33-29-35(32-16-21-22(30)12-8-13-23(21)31)24(17-39-29)26-15-19-9-6-7-14-25(19)38-26/h3-17H,1-2H3. The minimum Gasteiger partial charge on any atom is -0.454 e. The van der Waals surface area contributed by atoms with E-state index in [1.54, 1.807) is 15.4 Å². The lowest BCUT2D eigenvalue weighted by Gasteiger charge is -2.07. The van der Waals surface area contributed by atoms with Crippen LogP contribution in [0.2, 0.25) is 5.02 Å². The molecule has 0 atom stereocenters. The molecule has 0 bridgehead atoms. The molecule has 0 aliphatic rings. The van der Waals surface area contributed by atoms with Gasteiger partial charge >= 0.3 is 0 Å². The van der Waals surface area contributed by atoms with E-state index in [1.807, 2.05) is 80.0 Å². The van der Waals surface area contributed by atoms with Crippen molar-refractivity contribution in [2.24, 2.45) is 17.1 Å². The van der Waals surface area contributed by atoms with Crippen molar-refractivity contribution in [3.8, 4) is 17.1 Å². The van der Waals surface area contributed by atoms with Crippen molar-refractivity contribution in [3.05, 3.63) is 121 Å². The lowest BCUT2D eigenvalue weighted by Crippen LogP contribution is -2.19. The zero-order chi connectivity index (χ0) is 27.1. The quantitative estimate of drug-likeness (QED) is 0.222. The van der Waals surface area contributed by atoms with E-state index >= 15 is 0 Å². The SMILES string of the molecule is Cc1c(N=c2scc(-c3cc4ccccc4o3)n2N=Cc2c(F)cccc2Cl)c(=O)n(-c2ccccc2)n1C. The molecule has 0 N–H and O–H groups in total. The number of furan rings is 1. The Morgan fingerprint density at radius 2 is 1.79 bits per heavy atom. The van der Waals surface area contributed by atoms with Crippen LogP contribution in [0.4, 0.5) is 10.1 Å². The first-order valence-electron chi connectivity index (χ1n) is 12.0. The molecular formula is C29H21ClFN5O2S. The van der Waals surface area contributed by atoms with Crippen molar-refractivity contribution in [2.75, 3.05) is 0 Å². The first-order chi connectivity index (χ1) is 18.9. The van der Waals surface area contributed by atoms with Gasteiger partial charge in [0.1, 0.15) is 17.1 Å². The van der Waals surface area contributed by atoms with Gasteiger partial charge in [0.15, 0.2) is 11.4 Å². The maximum absolute atomic E-state index is 14.5. The van der Waals surface area contributed by atoms with E-state index in [4.69, 9.17) is 21.0 Å². The van der Waals surface area contributed by atoms with Crippen molar-refractivity contribution in [2.45, 2.75) is 6.92 Å². The molecule has 0 aliphatic carbocycles. The van der Waals surface area contributed by atoms with Gasteiger partial charge in [-0.3, -0.25) is 9.48 Å². The number of benzene rings is 3. The number of rotatable bonds is 5. The van der Waals surface area contributed by atoms with Gasteiger partial charge in [0, 0.05) is 23.4 Å². The van der Waals surface area contributed by atoms with Gasteiger partial charge in [-0.15, -0.1) is 11.3 Å². The van der Waals surface area contributed by atoms with Gasteiger partial charge in [0.2, 0.25) is 4.80 Å². The van der Waals surface area contributed by atoms with Gasteiger partial charge in [-0.2, -0.15) is 5.10 Å². The number of para-hydroxylation sites is 2. The average molecular weight is 558 g/mol. The summed E-state index contributed by atoms with van der Waals surface area (Å²) in [5.74, 6) is 0.0488. The van der Waals surface area contributed by atoms with Crippen LogP contribution in [0.1, 0.15) is 11.3 Å². The van der Waals surface area contributed by atoms with E-state index in [2.05, 4.69) is 5.10 Å². The highest BCUT2D eigenvalue weighted by atomic mass is 35.5. The molecule has 6 aromatic rings. The minimum absolute atomic E-state index is 0.140. The van der Waals surface area contributed by atoms with E-state index in [9.17, 15) is 9.18 Å². The molecular weight excluding hydrogens is 537 g/mol. The van der Waals surface area contributed by atoms with Crippen molar-refractivity contribution in [1.29, 1.82) is 0 Å². The van der Waals surface area contributed by atoms with Crippen LogP contribution in [0.25, 0.3) is 28.1 Å². The summed E-state index contributed by atoms with van der Waals surface area (Å²) < 4.78 is 25.5. The molecule has 194 valence electrons. The van der Waals surface area contributed by atoms with E-state index in [0.29, 0.717) is 21.9 Å². The summed E-state index contributed by atoms with van der Waals surface area (Å²) in [4.78, 5) is 18.7. The Morgan fingerprint density at radius 3 is 2.56 bits per heavy atom. The third-order valence-electron chi connectivity index (χ3n) is 6.40. The van der Waals surface area contributed by atoms with Gasteiger partial charge in [-0.25, -0.2) is 18.7 Å². The molecule has 7 nitrogen and oxygen atoms in total. The maximum Gasteiger partial charge on any atom is 0.297 e. The van der Waals surface area contributed by atoms with Crippen molar-refractivity contribution < 1.29 is 8.81 Å². The highest BCUT2D eigenvalue weighted by molar-refractivity contribution is 7.07. The molecule has 0 spiro atoms. The summed E-state index contributed by atoms with van der Waals surface area (Å²) in [6, 6.07) is 23.3. The van der Waals surface area contributed by atoms with Gasteiger partial charge in [0.05, 0.1) is 22.6 Å². The van der Waals surface area contributed by atoms with E-state index < -0.39 is 5.82 Å². The zero-order valence-electron chi connectivity index (χ0n) is 20.9. The first kappa shape index (κ1) is 24.8. The Bertz CT molecular complexity index is 1940. The van der Waals surface area contributed by atoms with Crippen molar-refractivity contribution in [1.82, 2.24) is 14.0 Å². The molecule has 3 aromatic heterocycles. The number of hydrogen-bond acceptors (Lipinski definition) is 5. The normalized spacial score (nSPS) is 12.3. The Labute approximate surface area is 231 Å². The lowest BCUT2D eigenvalue weighted by atomic mass is 10.2. The van der Waals surface area contributed by atoms with Crippen molar-refractivity contribution >= 4 is 45.8 Å². The number of hydrogen-bond donors (Lipinski definition) is 0. The molecule has 0 aliphatic heterocycles. The maximum atomic E-state index is 14.5. The molecule has 0 saturated heterocycles. The van der Waals surface area contributed by atoms with Crippen LogP contribution < -0.4 is 10.4 Å². The number of aromatic nitrogens is 3. The smallest absolute Gasteiger partial charge is 0.297 e. The molecule has 0 saturated carbocycles. The molecule has 3 heterocycles. The minimum atomic E-state index is -0.504. The predicted octanol–water partition coefficient (Wildman–Crippen LogP) is 6.67. The van der Waals surface area contributed by atoms with E-state index in [-0.39, 0.29) is 21.8 Å². The Hall–Kier alpha value is -4.47. The van der Waals surface area contributed by atoms with Gasteiger partial charge < -0.3 is 4.42 Å². The Balaban J connectivity index is 1.56. The average Bonchev–Trinajstić information content (AvgIpc) is 3.60. The summed E-state index contributed by atoms with van der Waals surface area (Å²) in [5.41, 5.74) is 2.85. The second-order valence-electron chi connectivity index (χ2n) is 8.77. The fraction of sp³-hybridized carbons (Fsp3) is 0.0690. The number of halogens is 2. The monoisotopic (exact) mass is 557 g/mol. The van der Waals surface area contributed by atoms with Crippen molar-refractivity contribution in [3.63, 3.8) is 0 Å². The fourth-order valence-electron chi connectivity index (χ4n) is 4.30. The highest BCUT2D eigenvalue weighted by Crippen LogP contribution is 2.29. The number of nitrogens with zero attached hydrogens (tertiary/aromatic N) is 5. The molecule has 39 heavy (non-hydrogen) atoms. The second-order valence-corrected chi connectivity index (χ2v) is 10.0. The van der Waals surface area contributed by atoms with Crippen LogP contribution in [0.5, 0.6) is 0 Å². The summed E-state index contributed by atoms with van der Waals surface area (Å²) in [5, 5.41) is 7.54. The number of fused-ring (bicyclic) bond motifs is 1. The molecule has 10 heteroatoms. The van der Waals surface area contributed by atoms with E-state index in [1.165, 1.54) is 34.4 Å². The third-order valence-corrected chi connectivity index (χ3v) is 7.54. The van der Waals surface area contributed by atoms with Crippen LogP contribution in [0.3, 0.4) is 0 Å². The predicted molar refractivity (Wildman–Crippen MR) is 153 cm³/mol. The third kappa shape index (κ3) is 4.45. The number of thiazole rings is 1. The van der Waals surface area contributed by atoms with Crippen LogP contribution in [0.15, 0.2) is 104 Å². The summed E-state index contributed by atoms with van der Waals surface area (Å²) >= 11 is 7.53. The molecule has 3 aromatic carbocycles. The van der Waals surface area contributed by atoms with Crippen LogP contribution >= 0.6 is 22.9 Å². The second kappa shape index (κ2) is 10.0. The fourth-order valence-corrected chi connectivity index (χ4v) is 5.33. The molecule has 0 radical (unpaired) electrons. The lowest BCUT2D eigenvalue weighted by molar-refractivity contribution is 0.621. The van der Waals surface area contributed by atoms with E-state index in [0.717, 1.165) is 16.7 Å². The van der Waals surface area contributed by atoms with Gasteiger partial charge in [0.25, 0.3) is 5.56 Å². The summed E-state index contributed by atoms with van der Waals surface area (Å²) in [7, 11) is 1.81. The van der Waals surface area contributed by atoms with Crippen LogP contribution in [0, 0.1) is 12.7 Å². The summed E-state index contributed by atoms with van der Waals surface area (Å²) in [6.07, 6.45) is 1.34. The molecule has 0 unspecified atom stereocenters. The summed E-state index contributed by atoms with van der Waals surface area (Å²) in [6.45, 7) is 1.83. The van der Waals surface area contributed by atoms with Crippen LogP contribution in [-0.4, -0.2) is 20.3 Å². The Morgan fingerprint density at radius 1 is 1.03 bits per heavy atom. The van der Waals surface area contributed by atoms with Crippen LogP contribution in [-0.2, 0) is 7.05 Å². The zero-order valence-corrected chi connectivity index (χ0v) is 22.4. The molecule has 0 fully saturated rings. The van der Waals surface area contributed by atoms with Gasteiger partial charge in [-0.1, -0.05) is 54.1 Å². The van der Waals surface area contributed by atoms with Gasteiger partial charge in [-0.05, 0) is 43.3 Å². The largest absolute Gasteiger partial charge is 0.454 e. The topological polar surface area (TPSA) is 69.7 Å².